The lowest BCUT2D eigenvalue weighted by Crippen LogP contribution is -2.48. The summed E-state index contributed by atoms with van der Waals surface area (Å²) in [4.78, 5) is 7.11. The molecule has 1 aromatic rings. The van der Waals surface area contributed by atoms with E-state index < -0.39 is 0 Å². The molecular weight excluding hydrogens is 248 g/mol. The molecule has 2 heterocycles. The zero-order valence-corrected chi connectivity index (χ0v) is 12.5. The van der Waals surface area contributed by atoms with Gasteiger partial charge in [-0.3, -0.25) is 9.88 Å². The molecule has 1 aliphatic heterocycles. The fourth-order valence-corrected chi connectivity index (χ4v) is 3.77. The molecule has 3 nitrogen and oxygen atoms in total. The van der Waals surface area contributed by atoms with Gasteiger partial charge in [0.25, 0.3) is 0 Å². The average molecular weight is 274 g/mol. The Morgan fingerprint density at radius 2 is 1.85 bits per heavy atom. The molecule has 1 N–H and O–H groups in total. The average Bonchev–Trinajstić information content (AvgIpc) is 2.49. The summed E-state index contributed by atoms with van der Waals surface area (Å²) in [6.07, 6.45) is 8.88. The van der Waals surface area contributed by atoms with Crippen molar-refractivity contribution in [2.45, 2.75) is 63.5 Å². The second-order valence-electron chi connectivity index (χ2n) is 6.49. The molecule has 2 atom stereocenters. The predicted molar refractivity (Wildman–Crippen MR) is 80.8 cm³/mol. The van der Waals surface area contributed by atoms with Crippen molar-refractivity contribution in [1.29, 1.82) is 0 Å². The molecule has 2 fully saturated rings. The third kappa shape index (κ3) is 3.04. The van der Waals surface area contributed by atoms with Crippen LogP contribution in [0.15, 0.2) is 18.3 Å². The van der Waals surface area contributed by atoms with Gasteiger partial charge in [0.1, 0.15) is 0 Å². The number of aryl methyl sites for hydroxylation is 1. The molecule has 3 rings (SSSR count). The fourth-order valence-electron chi connectivity index (χ4n) is 3.77. The molecule has 0 bridgehead atoms. The number of nitrogens with zero attached hydrogens (tertiary/aromatic N) is 2. The van der Waals surface area contributed by atoms with E-state index in [1.807, 2.05) is 6.20 Å². The topological polar surface area (TPSA) is 36.4 Å². The smallest absolute Gasteiger partial charge is 0.0695 e. The van der Waals surface area contributed by atoms with Crippen molar-refractivity contribution in [3.8, 4) is 0 Å². The number of piperidine rings is 1. The Morgan fingerprint density at radius 3 is 2.50 bits per heavy atom. The van der Waals surface area contributed by atoms with Gasteiger partial charge >= 0.3 is 0 Å². The lowest BCUT2D eigenvalue weighted by Gasteiger charge is -2.41. The molecule has 1 saturated carbocycles. The van der Waals surface area contributed by atoms with E-state index in [9.17, 15) is 5.11 Å². The summed E-state index contributed by atoms with van der Waals surface area (Å²) in [6, 6.07) is 4.76. The Balaban J connectivity index is 1.57. The number of aliphatic hydroxyl groups excluding tert-OH is 1. The van der Waals surface area contributed by atoms with Crippen LogP contribution in [0, 0.1) is 6.92 Å². The van der Waals surface area contributed by atoms with Gasteiger partial charge in [-0.2, -0.15) is 0 Å². The second kappa shape index (κ2) is 6.23. The minimum absolute atomic E-state index is 0.0993. The first-order chi connectivity index (χ1) is 9.74. The third-order valence-electron chi connectivity index (χ3n) is 5.05. The Kier molecular flexibility index (Phi) is 4.37. The van der Waals surface area contributed by atoms with Crippen LogP contribution in [-0.4, -0.2) is 40.2 Å². The van der Waals surface area contributed by atoms with Crippen LogP contribution in [-0.2, 0) is 0 Å². The normalized spacial score (nSPS) is 29.5. The molecule has 1 aliphatic carbocycles. The Bertz CT molecular complexity index is 423. The molecule has 110 valence electrons. The van der Waals surface area contributed by atoms with Gasteiger partial charge in [0.05, 0.1) is 6.10 Å². The standard InChI is InChI=1S/C17H26N2O/c1-13-6-7-15(18-12-13)14-8-10-19(11-9-14)16-4-2-3-5-17(16)20/h6-7,12,14,16-17,20H,2-5,8-11H2,1H3/t16-,17+/m0/s1. The summed E-state index contributed by atoms with van der Waals surface area (Å²) in [7, 11) is 0. The van der Waals surface area contributed by atoms with Crippen molar-refractivity contribution >= 4 is 0 Å². The second-order valence-corrected chi connectivity index (χ2v) is 6.49. The lowest BCUT2D eigenvalue weighted by molar-refractivity contribution is 0.00853. The van der Waals surface area contributed by atoms with Crippen LogP contribution in [0.2, 0.25) is 0 Å². The maximum Gasteiger partial charge on any atom is 0.0695 e. The van der Waals surface area contributed by atoms with Gasteiger partial charge in [0.15, 0.2) is 0 Å². The number of rotatable bonds is 2. The molecule has 1 aromatic heterocycles. The summed E-state index contributed by atoms with van der Waals surface area (Å²) in [5, 5.41) is 10.2. The molecule has 0 aromatic carbocycles. The molecule has 1 saturated heterocycles. The van der Waals surface area contributed by atoms with Crippen molar-refractivity contribution in [2.24, 2.45) is 0 Å². The largest absolute Gasteiger partial charge is 0.391 e. The molecule has 0 spiro atoms. The molecular formula is C17H26N2O. The molecule has 20 heavy (non-hydrogen) atoms. The highest BCUT2D eigenvalue weighted by Gasteiger charge is 2.31. The van der Waals surface area contributed by atoms with Crippen LogP contribution >= 0.6 is 0 Å². The van der Waals surface area contributed by atoms with Crippen molar-refractivity contribution in [1.82, 2.24) is 9.88 Å². The predicted octanol–water partition coefficient (Wildman–Crippen LogP) is 2.87. The van der Waals surface area contributed by atoms with E-state index in [0.717, 1.165) is 19.5 Å². The Labute approximate surface area is 122 Å². The molecule has 0 unspecified atom stereocenters. The third-order valence-corrected chi connectivity index (χ3v) is 5.05. The quantitative estimate of drug-likeness (QED) is 0.901. The maximum absolute atomic E-state index is 10.2. The minimum Gasteiger partial charge on any atom is -0.391 e. The van der Waals surface area contributed by atoms with Crippen molar-refractivity contribution in [3.63, 3.8) is 0 Å². The number of hydrogen-bond acceptors (Lipinski definition) is 3. The van der Waals surface area contributed by atoms with Crippen LogP contribution in [0.5, 0.6) is 0 Å². The van der Waals surface area contributed by atoms with Gasteiger partial charge in [0, 0.05) is 23.9 Å². The summed E-state index contributed by atoms with van der Waals surface area (Å²) < 4.78 is 0. The Hall–Kier alpha value is -0.930. The van der Waals surface area contributed by atoms with Crippen LogP contribution in [0.4, 0.5) is 0 Å². The van der Waals surface area contributed by atoms with Gasteiger partial charge < -0.3 is 5.11 Å². The number of pyridine rings is 1. The summed E-state index contributed by atoms with van der Waals surface area (Å²) in [5.74, 6) is 0.604. The van der Waals surface area contributed by atoms with E-state index in [1.54, 1.807) is 0 Å². The van der Waals surface area contributed by atoms with Crippen LogP contribution in [0.3, 0.4) is 0 Å². The number of likely N-dealkylation sites (tertiary alicyclic amines) is 1. The molecule has 0 amide bonds. The van der Waals surface area contributed by atoms with E-state index in [4.69, 9.17) is 0 Å². The van der Waals surface area contributed by atoms with Gasteiger partial charge in [-0.1, -0.05) is 18.9 Å². The zero-order valence-electron chi connectivity index (χ0n) is 12.5. The van der Waals surface area contributed by atoms with Crippen LogP contribution < -0.4 is 0 Å². The summed E-state index contributed by atoms with van der Waals surface area (Å²) in [6.45, 7) is 4.31. The van der Waals surface area contributed by atoms with Gasteiger partial charge in [-0.05, 0) is 57.3 Å². The lowest BCUT2D eigenvalue weighted by atomic mass is 9.87. The zero-order chi connectivity index (χ0) is 13.9. The SMILES string of the molecule is Cc1ccc(C2CCN([C@H]3CCCC[C@H]3O)CC2)nc1. The minimum atomic E-state index is -0.0993. The van der Waals surface area contributed by atoms with Crippen LogP contribution in [0.1, 0.15) is 55.7 Å². The highest BCUT2D eigenvalue weighted by molar-refractivity contribution is 5.16. The monoisotopic (exact) mass is 274 g/mol. The van der Waals surface area contributed by atoms with E-state index in [0.29, 0.717) is 12.0 Å². The first kappa shape index (κ1) is 14.0. The first-order valence-electron chi connectivity index (χ1n) is 8.09. The number of hydrogen-bond donors (Lipinski definition) is 1. The summed E-state index contributed by atoms with van der Waals surface area (Å²) in [5.41, 5.74) is 2.48. The van der Waals surface area contributed by atoms with E-state index in [-0.39, 0.29) is 6.10 Å². The van der Waals surface area contributed by atoms with Gasteiger partial charge in [0.2, 0.25) is 0 Å². The van der Waals surface area contributed by atoms with Crippen LogP contribution in [0.25, 0.3) is 0 Å². The van der Waals surface area contributed by atoms with E-state index in [2.05, 4.69) is 28.9 Å². The molecule has 2 aliphatic rings. The first-order valence-corrected chi connectivity index (χ1v) is 8.09. The van der Waals surface area contributed by atoms with Gasteiger partial charge in [-0.25, -0.2) is 0 Å². The van der Waals surface area contributed by atoms with Gasteiger partial charge in [-0.15, -0.1) is 0 Å². The van der Waals surface area contributed by atoms with E-state index in [1.165, 1.54) is 43.4 Å². The van der Waals surface area contributed by atoms with Crippen molar-refractivity contribution < 1.29 is 5.11 Å². The number of aliphatic hydroxyl groups is 1. The van der Waals surface area contributed by atoms with Crippen molar-refractivity contribution in [2.75, 3.05) is 13.1 Å². The summed E-state index contributed by atoms with van der Waals surface area (Å²) >= 11 is 0. The maximum atomic E-state index is 10.2. The van der Waals surface area contributed by atoms with E-state index >= 15 is 0 Å². The Morgan fingerprint density at radius 1 is 1.10 bits per heavy atom. The molecule has 3 heteroatoms. The molecule has 0 radical (unpaired) electrons. The fraction of sp³-hybridized carbons (Fsp3) is 0.706. The number of aromatic nitrogens is 1. The highest BCUT2D eigenvalue weighted by Crippen LogP contribution is 2.31. The highest BCUT2D eigenvalue weighted by atomic mass is 16.3. The van der Waals surface area contributed by atoms with Crippen molar-refractivity contribution in [3.05, 3.63) is 29.6 Å².